The molecule has 0 fully saturated rings. The van der Waals surface area contributed by atoms with Gasteiger partial charge >= 0.3 is 0 Å². The SMILES string of the molecule is C#CC(C)NC(=O)C1C=CC(N)C1. The largest absolute Gasteiger partial charge is 0.342 e. The normalized spacial score (nSPS) is 28.1. The second-order valence-corrected chi connectivity index (χ2v) is 3.29. The summed E-state index contributed by atoms with van der Waals surface area (Å²) < 4.78 is 0. The first kappa shape index (κ1) is 9.82. The third-order valence-corrected chi connectivity index (χ3v) is 2.06. The molecule has 1 aliphatic rings. The van der Waals surface area contributed by atoms with E-state index in [0.29, 0.717) is 6.42 Å². The van der Waals surface area contributed by atoms with Crippen LogP contribution in [0, 0.1) is 18.3 Å². The van der Waals surface area contributed by atoms with E-state index in [0.717, 1.165) is 0 Å². The zero-order chi connectivity index (χ0) is 9.84. The Bertz CT molecular complexity index is 265. The molecule has 0 saturated carbocycles. The van der Waals surface area contributed by atoms with Gasteiger partial charge in [0.2, 0.25) is 5.91 Å². The lowest BCUT2D eigenvalue weighted by atomic mass is 10.1. The fourth-order valence-corrected chi connectivity index (χ4v) is 1.28. The van der Waals surface area contributed by atoms with Crippen LogP contribution in [-0.4, -0.2) is 18.0 Å². The van der Waals surface area contributed by atoms with Crippen molar-refractivity contribution in [2.24, 2.45) is 11.7 Å². The molecule has 0 aromatic rings. The molecule has 0 saturated heterocycles. The van der Waals surface area contributed by atoms with Crippen LogP contribution in [0.3, 0.4) is 0 Å². The summed E-state index contributed by atoms with van der Waals surface area (Å²) in [7, 11) is 0. The van der Waals surface area contributed by atoms with Crippen molar-refractivity contribution in [1.82, 2.24) is 5.32 Å². The lowest BCUT2D eigenvalue weighted by molar-refractivity contribution is -0.123. The van der Waals surface area contributed by atoms with E-state index in [2.05, 4.69) is 11.2 Å². The van der Waals surface area contributed by atoms with Gasteiger partial charge in [0.05, 0.1) is 12.0 Å². The van der Waals surface area contributed by atoms with E-state index < -0.39 is 0 Å². The minimum Gasteiger partial charge on any atom is -0.342 e. The van der Waals surface area contributed by atoms with Crippen LogP contribution >= 0.6 is 0 Å². The molecule has 0 spiro atoms. The first-order valence-corrected chi connectivity index (χ1v) is 4.34. The van der Waals surface area contributed by atoms with Gasteiger partial charge in [-0.2, -0.15) is 0 Å². The predicted molar refractivity (Wildman–Crippen MR) is 51.7 cm³/mol. The van der Waals surface area contributed by atoms with Crippen molar-refractivity contribution in [3.8, 4) is 12.3 Å². The molecular weight excluding hydrogens is 164 g/mol. The van der Waals surface area contributed by atoms with Gasteiger partial charge in [0.15, 0.2) is 0 Å². The fraction of sp³-hybridized carbons (Fsp3) is 0.500. The topological polar surface area (TPSA) is 55.1 Å². The molecule has 0 bridgehead atoms. The molecule has 0 aromatic heterocycles. The highest BCUT2D eigenvalue weighted by molar-refractivity contribution is 5.81. The third kappa shape index (κ3) is 2.60. The Hall–Kier alpha value is -1.27. The Morgan fingerprint density at radius 2 is 2.46 bits per heavy atom. The van der Waals surface area contributed by atoms with Crippen molar-refractivity contribution in [3.63, 3.8) is 0 Å². The first-order chi connectivity index (χ1) is 6.13. The maximum Gasteiger partial charge on any atom is 0.227 e. The van der Waals surface area contributed by atoms with E-state index in [9.17, 15) is 4.79 Å². The highest BCUT2D eigenvalue weighted by Crippen LogP contribution is 2.16. The average Bonchev–Trinajstić information content (AvgIpc) is 2.51. The molecule has 3 atom stereocenters. The fourth-order valence-electron chi connectivity index (χ4n) is 1.28. The molecule has 1 amide bonds. The van der Waals surface area contributed by atoms with Gasteiger partial charge in [-0.1, -0.05) is 18.1 Å². The van der Waals surface area contributed by atoms with Gasteiger partial charge in [-0.05, 0) is 13.3 Å². The Balaban J connectivity index is 2.42. The maximum absolute atomic E-state index is 11.4. The van der Waals surface area contributed by atoms with Crippen LogP contribution in [0.25, 0.3) is 0 Å². The number of carbonyl (C=O) groups is 1. The molecule has 0 aliphatic heterocycles. The van der Waals surface area contributed by atoms with E-state index in [1.165, 1.54) is 0 Å². The van der Waals surface area contributed by atoms with Gasteiger partial charge in [0.25, 0.3) is 0 Å². The van der Waals surface area contributed by atoms with Gasteiger partial charge < -0.3 is 11.1 Å². The van der Waals surface area contributed by atoms with Crippen LogP contribution in [0.15, 0.2) is 12.2 Å². The number of hydrogen-bond acceptors (Lipinski definition) is 2. The Morgan fingerprint density at radius 1 is 1.77 bits per heavy atom. The van der Waals surface area contributed by atoms with Crippen molar-refractivity contribution in [2.75, 3.05) is 0 Å². The summed E-state index contributed by atoms with van der Waals surface area (Å²) >= 11 is 0. The molecule has 13 heavy (non-hydrogen) atoms. The van der Waals surface area contributed by atoms with Crippen LogP contribution in [0.5, 0.6) is 0 Å². The van der Waals surface area contributed by atoms with Crippen molar-refractivity contribution in [2.45, 2.75) is 25.4 Å². The van der Waals surface area contributed by atoms with Crippen molar-refractivity contribution in [1.29, 1.82) is 0 Å². The average molecular weight is 178 g/mol. The Morgan fingerprint density at radius 3 is 2.92 bits per heavy atom. The second kappa shape index (κ2) is 4.11. The van der Waals surface area contributed by atoms with Crippen LogP contribution < -0.4 is 11.1 Å². The van der Waals surface area contributed by atoms with Gasteiger partial charge in [-0.3, -0.25) is 4.79 Å². The van der Waals surface area contributed by atoms with Crippen LogP contribution in [-0.2, 0) is 4.79 Å². The summed E-state index contributed by atoms with van der Waals surface area (Å²) in [6, 6.07) is -0.199. The number of nitrogens with two attached hydrogens (primary N) is 1. The molecule has 3 heteroatoms. The highest BCUT2D eigenvalue weighted by Gasteiger charge is 2.22. The second-order valence-electron chi connectivity index (χ2n) is 3.29. The molecular formula is C10H14N2O. The Kier molecular flexibility index (Phi) is 3.10. The molecule has 1 rings (SSSR count). The summed E-state index contributed by atoms with van der Waals surface area (Å²) in [4.78, 5) is 11.4. The zero-order valence-corrected chi connectivity index (χ0v) is 7.66. The summed E-state index contributed by atoms with van der Waals surface area (Å²) in [6.07, 6.45) is 9.51. The van der Waals surface area contributed by atoms with Crippen molar-refractivity contribution >= 4 is 5.91 Å². The van der Waals surface area contributed by atoms with Gasteiger partial charge in [-0.15, -0.1) is 6.42 Å². The van der Waals surface area contributed by atoms with Crippen molar-refractivity contribution in [3.05, 3.63) is 12.2 Å². The quantitative estimate of drug-likeness (QED) is 0.463. The van der Waals surface area contributed by atoms with Gasteiger partial charge in [-0.25, -0.2) is 0 Å². The summed E-state index contributed by atoms with van der Waals surface area (Å²) in [5, 5.41) is 2.71. The molecule has 3 unspecified atom stereocenters. The number of nitrogens with one attached hydrogen (secondary N) is 1. The monoisotopic (exact) mass is 178 g/mol. The number of carbonyl (C=O) groups excluding carboxylic acids is 1. The molecule has 0 radical (unpaired) electrons. The summed E-state index contributed by atoms with van der Waals surface area (Å²) in [5.41, 5.74) is 5.62. The minimum absolute atomic E-state index is 0.0110. The molecule has 3 nitrogen and oxygen atoms in total. The first-order valence-electron chi connectivity index (χ1n) is 4.34. The Labute approximate surface area is 78.4 Å². The number of terminal acetylenes is 1. The van der Waals surface area contributed by atoms with E-state index in [1.807, 2.05) is 12.2 Å². The van der Waals surface area contributed by atoms with Crippen molar-refractivity contribution < 1.29 is 4.79 Å². The molecule has 0 aromatic carbocycles. The predicted octanol–water partition coefficient (Wildman–Crippen LogP) is 0.0277. The number of amides is 1. The number of hydrogen-bond donors (Lipinski definition) is 2. The summed E-state index contributed by atoms with van der Waals surface area (Å²) in [6.45, 7) is 1.77. The van der Waals surface area contributed by atoms with E-state index in [4.69, 9.17) is 12.2 Å². The maximum atomic E-state index is 11.4. The lowest BCUT2D eigenvalue weighted by Gasteiger charge is -2.12. The smallest absolute Gasteiger partial charge is 0.227 e. The third-order valence-electron chi connectivity index (χ3n) is 2.06. The number of rotatable bonds is 2. The van der Waals surface area contributed by atoms with E-state index >= 15 is 0 Å². The van der Waals surface area contributed by atoms with E-state index in [-0.39, 0.29) is 23.9 Å². The van der Waals surface area contributed by atoms with Gasteiger partial charge in [0.1, 0.15) is 0 Å². The molecule has 0 heterocycles. The lowest BCUT2D eigenvalue weighted by Crippen LogP contribution is -2.36. The summed E-state index contributed by atoms with van der Waals surface area (Å²) in [5.74, 6) is 2.30. The highest BCUT2D eigenvalue weighted by atomic mass is 16.1. The van der Waals surface area contributed by atoms with Crippen LogP contribution in [0.2, 0.25) is 0 Å². The zero-order valence-electron chi connectivity index (χ0n) is 7.66. The molecule has 70 valence electrons. The van der Waals surface area contributed by atoms with Crippen LogP contribution in [0.1, 0.15) is 13.3 Å². The molecule has 1 aliphatic carbocycles. The molecule has 3 N–H and O–H groups in total. The van der Waals surface area contributed by atoms with Gasteiger partial charge in [0, 0.05) is 6.04 Å². The van der Waals surface area contributed by atoms with Crippen LogP contribution in [0.4, 0.5) is 0 Å². The van der Waals surface area contributed by atoms with E-state index in [1.54, 1.807) is 6.92 Å². The standard InChI is InChI=1S/C10H14N2O/c1-3-7(2)12-10(13)8-4-5-9(11)6-8/h1,4-5,7-9H,6,11H2,2H3,(H,12,13). The minimum atomic E-state index is -0.210.